The SMILES string of the molecule is CCCC(CC)C(=O)OC(C)(C)N. The Morgan fingerprint density at radius 3 is 2.31 bits per heavy atom. The zero-order valence-corrected chi connectivity index (χ0v) is 9.09. The van der Waals surface area contributed by atoms with Gasteiger partial charge in [0.2, 0.25) is 0 Å². The fourth-order valence-electron chi connectivity index (χ4n) is 1.18. The molecule has 0 amide bonds. The molecule has 0 spiro atoms. The lowest BCUT2D eigenvalue weighted by Crippen LogP contribution is -2.39. The quantitative estimate of drug-likeness (QED) is 0.529. The van der Waals surface area contributed by atoms with Gasteiger partial charge in [0.15, 0.2) is 5.72 Å². The first-order chi connectivity index (χ1) is 5.90. The van der Waals surface area contributed by atoms with E-state index in [1.165, 1.54) is 0 Å². The number of esters is 1. The van der Waals surface area contributed by atoms with Crippen molar-refractivity contribution in [3.05, 3.63) is 0 Å². The molecule has 0 aromatic heterocycles. The molecule has 0 rings (SSSR count). The molecule has 13 heavy (non-hydrogen) atoms. The van der Waals surface area contributed by atoms with E-state index in [4.69, 9.17) is 10.5 Å². The van der Waals surface area contributed by atoms with Gasteiger partial charge in [-0.25, -0.2) is 0 Å². The number of hydrogen-bond donors (Lipinski definition) is 1. The average molecular weight is 187 g/mol. The molecule has 0 aliphatic rings. The summed E-state index contributed by atoms with van der Waals surface area (Å²) in [6.07, 6.45) is 2.70. The smallest absolute Gasteiger partial charge is 0.310 e. The summed E-state index contributed by atoms with van der Waals surface area (Å²) in [5, 5.41) is 0. The van der Waals surface area contributed by atoms with Gasteiger partial charge in [0.25, 0.3) is 0 Å². The molecule has 3 heteroatoms. The lowest BCUT2D eigenvalue weighted by Gasteiger charge is -2.22. The first kappa shape index (κ1) is 12.4. The van der Waals surface area contributed by atoms with E-state index in [0.717, 1.165) is 19.3 Å². The molecular weight excluding hydrogens is 166 g/mol. The van der Waals surface area contributed by atoms with Gasteiger partial charge < -0.3 is 4.74 Å². The van der Waals surface area contributed by atoms with Gasteiger partial charge in [0.1, 0.15) is 0 Å². The van der Waals surface area contributed by atoms with Crippen LogP contribution in [0.5, 0.6) is 0 Å². The van der Waals surface area contributed by atoms with Crippen molar-refractivity contribution in [3.63, 3.8) is 0 Å². The van der Waals surface area contributed by atoms with Gasteiger partial charge in [-0.15, -0.1) is 0 Å². The van der Waals surface area contributed by atoms with Crippen LogP contribution in [0.1, 0.15) is 47.0 Å². The Hall–Kier alpha value is -0.570. The van der Waals surface area contributed by atoms with Gasteiger partial charge in [-0.05, 0) is 26.7 Å². The van der Waals surface area contributed by atoms with Crippen LogP contribution in [0.2, 0.25) is 0 Å². The Kier molecular flexibility index (Phi) is 4.99. The zero-order valence-electron chi connectivity index (χ0n) is 9.09. The highest BCUT2D eigenvalue weighted by Gasteiger charge is 2.23. The summed E-state index contributed by atoms with van der Waals surface area (Å²) in [5.41, 5.74) is 4.73. The molecular formula is C10H21NO2. The van der Waals surface area contributed by atoms with Crippen molar-refractivity contribution in [2.75, 3.05) is 0 Å². The van der Waals surface area contributed by atoms with E-state index in [1.54, 1.807) is 13.8 Å². The van der Waals surface area contributed by atoms with Crippen LogP contribution < -0.4 is 5.73 Å². The van der Waals surface area contributed by atoms with Crippen molar-refractivity contribution in [3.8, 4) is 0 Å². The lowest BCUT2D eigenvalue weighted by atomic mass is 10.0. The van der Waals surface area contributed by atoms with Gasteiger partial charge in [0, 0.05) is 0 Å². The van der Waals surface area contributed by atoms with Crippen molar-refractivity contribution < 1.29 is 9.53 Å². The van der Waals surface area contributed by atoms with Crippen molar-refractivity contribution >= 4 is 5.97 Å². The molecule has 0 saturated heterocycles. The highest BCUT2D eigenvalue weighted by molar-refractivity contribution is 5.72. The number of nitrogens with two attached hydrogens (primary N) is 1. The van der Waals surface area contributed by atoms with E-state index in [-0.39, 0.29) is 11.9 Å². The Morgan fingerprint density at radius 1 is 1.46 bits per heavy atom. The van der Waals surface area contributed by atoms with Crippen LogP contribution in [-0.2, 0) is 9.53 Å². The maximum Gasteiger partial charge on any atom is 0.310 e. The first-order valence-corrected chi connectivity index (χ1v) is 4.92. The third-order valence-corrected chi connectivity index (χ3v) is 1.83. The van der Waals surface area contributed by atoms with Crippen LogP contribution in [0.4, 0.5) is 0 Å². The van der Waals surface area contributed by atoms with Crippen molar-refractivity contribution in [2.24, 2.45) is 11.7 Å². The highest BCUT2D eigenvalue weighted by atomic mass is 16.6. The fourth-order valence-corrected chi connectivity index (χ4v) is 1.18. The number of hydrogen-bond acceptors (Lipinski definition) is 3. The molecule has 0 aromatic carbocycles. The molecule has 0 aliphatic heterocycles. The van der Waals surface area contributed by atoms with Gasteiger partial charge in [-0.1, -0.05) is 20.3 Å². The van der Waals surface area contributed by atoms with Gasteiger partial charge in [0.05, 0.1) is 5.92 Å². The third-order valence-electron chi connectivity index (χ3n) is 1.83. The van der Waals surface area contributed by atoms with E-state index in [0.29, 0.717) is 0 Å². The van der Waals surface area contributed by atoms with Crippen LogP contribution >= 0.6 is 0 Å². The molecule has 0 aromatic rings. The van der Waals surface area contributed by atoms with Crippen LogP contribution in [-0.4, -0.2) is 11.7 Å². The van der Waals surface area contributed by atoms with Crippen LogP contribution in [0.3, 0.4) is 0 Å². The Labute approximate surface area is 80.6 Å². The van der Waals surface area contributed by atoms with Gasteiger partial charge in [-0.2, -0.15) is 0 Å². The summed E-state index contributed by atoms with van der Waals surface area (Å²) in [7, 11) is 0. The molecule has 0 bridgehead atoms. The molecule has 0 saturated carbocycles. The number of carbonyl (C=O) groups excluding carboxylic acids is 1. The minimum absolute atomic E-state index is 0.00725. The van der Waals surface area contributed by atoms with Crippen molar-refractivity contribution in [1.29, 1.82) is 0 Å². The number of rotatable bonds is 5. The van der Waals surface area contributed by atoms with Crippen molar-refractivity contribution in [1.82, 2.24) is 0 Å². The molecule has 1 unspecified atom stereocenters. The van der Waals surface area contributed by atoms with E-state index in [1.807, 2.05) is 6.92 Å². The van der Waals surface area contributed by atoms with E-state index in [2.05, 4.69) is 6.92 Å². The van der Waals surface area contributed by atoms with Crippen LogP contribution in [0.25, 0.3) is 0 Å². The average Bonchev–Trinajstić information content (AvgIpc) is 1.96. The maximum absolute atomic E-state index is 11.5. The zero-order chi connectivity index (χ0) is 10.5. The maximum atomic E-state index is 11.5. The number of ether oxygens (including phenoxy) is 1. The summed E-state index contributed by atoms with van der Waals surface area (Å²) in [5.74, 6) is -0.162. The molecule has 78 valence electrons. The Balaban J connectivity index is 4.06. The standard InChI is InChI=1S/C10H21NO2/c1-5-7-8(6-2)9(12)13-10(3,4)11/h8H,5-7,11H2,1-4H3. The van der Waals surface area contributed by atoms with Crippen LogP contribution in [0, 0.1) is 5.92 Å². The summed E-state index contributed by atoms with van der Waals surface area (Å²) in [6.45, 7) is 7.42. The molecule has 0 heterocycles. The molecule has 0 fully saturated rings. The predicted molar refractivity (Wildman–Crippen MR) is 53.0 cm³/mol. The lowest BCUT2D eigenvalue weighted by molar-refractivity contribution is -0.161. The molecule has 3 nitrogen and oxygen atoms in total. The minimum Gasteiger partial charge on any atom is -0.445 e. The minimum atomic E-state index is -0.849. The number of carbonyl (C=O) groups is 1. The van der Waals surface area contributed by atoms with Gasteiger partial charge in [-0.3, -0.25) is 10.5 Å². The normalized spacial score (nSPS) is 13.9. The van der Waals surface area contributed by atoms with Crippen molar-refractivity contribution in [2.45, 2.75) is 52.7 Å². The largest absolute Gasteiger partial charge is 0.445 e. The second-order valence-corrected chi connectivity index (χ2v) is 3.92. The summed E-state index contributed by atoms with van der Waals surface area (Å²) >= 11 is 0. The summed E-state index contributed by atoms with van der Waals surface area (Å²) in [6, 6.07) is 0. The van der Waals surface area contributed by atoms with E-state index >= 15 is 0 Å². The fraction of sp³-hybridized carbons (Fsp3) is 0.900. The van der Waals surface area contributed by atoms with Crippen LogP contribution in [0.15, 0.2) is 0 Å². The predicted octanol–water partition coefficient (Wildman–Crippen LogP) is 2.05. The second-order valence-electron chi connectivity index (χ2n) is 3.92. The Morgan fingerprint density at radius 2 is 2.00 bits per heavy atom. The summed E-state index contributed by atoms with van der Waals surface area (Å²) in [4.78, 5) is 11.5. The van der Waals surface area contributed by atoms with E-state index < -0.39 is 5.72 Å². The van der Waals surface area contributed by atoms with Gasteiger partial charge >= 0.3 is 5.97 Å². The third kappa shape index (κ3) is 5.64. The first-order valence-electron chi connectivity index (χ1n) is 4.92. The second kappa shape index (κ2) is 5.22. The summed E-state index contributed by atoms with van der Waals surface area (Å²) < 4.78 is 5.08. The molecule has 0 radical (unpaired) electrons. The topological polar surface area (TPSA) is 52.3 Å². The van der Waals surface area contributed by atoms with E-state index in [9.17, 15) is 4.79 Å². The highest BCUT2D eigenvalue weighted by Crippen LogP contribution is 2.15. The Bertz CT molecular complexity index is 161. The molecule has 1 atom stereocenters. The molecule has 2 N–H and O–H groups in total. The molecule has 0 aliphatic carbocycles. The monoisotopic (exact) mass is 187 g/mol.